The number of carbonyl (C=O) groups excluding carboxylic acids is 2. The second kappa shape index (κ2) is 9.57. The van der Waals surface area contributed by atoms with Crippen molar-refractivity contribution >= 4 is 34.0 Å². The van der Waals surface area contributed by atoms with Crippen LogP contribution in [0.1, 0.15) is 50.0 Å². The highest BCUT2D eigenvalue weighted by atomic mass is 32.1. The summed E-state index contributed by atoms with van der Waals surface area (Å²) in [5, 5.41) is 12.7. The van der Waals surface area contributed by atoms with Crippen LogP contribution in [0.5, 0.6) is 0 Å². The number of aromatic nitrogens is 4. The molecule has 0 radical (unpaired) electrons. The molecule has 1 saturated heterocycles. The monoisotopic (exact) mass is 483 g/mol. The first-order valence-electron chi connectivity index (χ1n) is 11.8. The fraction of sp³-hybridized carbons (Fsp3) is 0.522. The summed E-state index contributed by atoms with van der Waals surface area (Å²) < 4.78 is 6.76. The number of rotatable bonds is 7. The van der Waals surface area contributed by atoms with Crippen LogP contribution in [0.15, 0.2) is 23.8 Å². The molecule has 4 heterocycles. The first kappa shape index (κ1) is 22.6. The Kier molecular flexibility index (Phi) is 6.36. The smallest absolute Gasteiger partial charge is 0.407 e. The van der Waals surface area contributed by atoms with E-state index in [4.69, 9.17) is 9.72 Å². The van der Waals surface area contributed by atoms with Crippen molar-refractivity contribution in [2.45, 2.75) is 51.6 Å². The zero-order chi connectivity index (χ0) is 23.7. The first-order chi connectivity index (χ1) is 16.5. The Labute approximate surface area is 201 Å². The minimum absolute atomic E-state index is 0.000194. The van der Waals surface area contributed by atoms with Gasteiger partial charge in [0.05, 0.1) is 18.4 Å². The van der Waals surface area contributed by atoms with Crippen molar-refractivity contribution in [3.05, 3.63) is 29.5 Å². The van der Waals surface area contributed by atoms with Gasteiger partial charge in [-0.15, -0.1) is 11.3 Å². The number of thiazole rings is 1. The number of nitrogens with zero attached hydrogens (tertiary/aromatic N) is 5. The van der Waals surface area contributed by atoms with Gasteiger partial charge in [-0.1, -0.05) is 0 Å². The maximum Gasteiger partial charge on any atom is 0.407 e. The van der Waals surface area contributed by atoms with Gasteiger partial charge in [0.1, 0.15) is 16.3 Å². The molecule has 1 aliphatic carbocycles. The van der Waals surface area contributed by atoms with Crippen molar-refractivity contribution in [2.24, 2.45) is 5.92 Å². The SMILES string of the molecule is CCOC(=O)NC1CCN(C(=O)c2cc(N[C@H](C)C3CC3)nc(-c3cnn4ccsc34)n2)CC1. The van der Waals surface area contributed by atoms with Crippen LogP contribution in [0.4, 0.5) is 10.6 Å². The third kappa shape index (κ3) is 4.84. The third-order valence-electron chi connectivity index (χ3n) is 6.40. The number of hydrogen-bond acceptors (Lipinski definition) is 8. The van der Waals surface area contributed by atoms with Crippen LogP contribution in [0.25, 0.3) is 16.2 Å². The van der Waals surface area contributed by atoms with Crippen LogP contribution < -0.4 is 10.6 Å². The van der Waals surface area contributed by atoms with Crippen LogP contribution in [-0.4, -0.2) is 68.3 Å². The highest BCUT2D eigenvalue weighted by molar-refractivity contribution is 7.16. The number of hydrogen-bond donors (Lipinski definition) is 2. The molecule has 0 aromatic carbocycles. The van der Waals surface area contributed by atoms with Crippen LogP contribution >= 0.6 is 11.3 Å². The van der Waals surface area contributed by atoms with Crippen LogP contribution in [0, 0.1) is 5.92 Å². The highest BCUT2D eigenvalue weighted by Crippen LogP contribution is 2.34. The van der Waals surface area contributed by atoms with Crippen LogP contribution in [0.2, 0.25) is 0 Å². The number of likely N-dealkylation sites (tertiary alicyclic amines) is 1. The molecule has 0 bridgehead atoms. The summed E-state index contributed by atoms with van der Waals surface area (Å²) in [6.45, 7) is 5.35. The molecule has 1 saturated carbocycles. The van der Waals surface area contributed by atoms with Gasteiger partial charge in [-0.25, -0.2) is 19.3 Å². The van der Waals surface area contributed by atoms with E-state index in [1.54, 1.807) is 39.9 Å². The quantitative estimate of drug-likeness (QED) is 0.529. The molecule has 2 aliphatic rings. The Morgan fingerprint density at radius 2 is 2.03 bits per heavy atom. The van der Waals surface area contributed by atoms with E-state index in [0.29, 0.717) is 55.8 Å². The fourth-order valence-corrected chi connectivity index (χ4v) is 5.10. The maximum absolute atomic E-state index is 13.4. The minimum Gasteiger partial charge on any atom is -0.450 e. The van der Waals surface area contributed by atoms with Crippen molar-refractivity contribution in [1.29, 1.82) is 0 Å². The predicted molar refractivity (Wildman–Crippen MR) is 129 cm³/mol. The zero-order valence-corrected chi connectivity index (χ0v) is 20.2. The lowest BCUT2D eigenvalue weighted by Crippen LogP contribution is -2.46. The normalized spacial score (nSPS) is 17.5. The lowest BCUT2D eigenvalue weighted by molar-refractivity contribution is 0.0696. The number of nitrogens with one attached hydrogen (secondary N) is 2. The Morgan fingerprint density at radius 3 is 2.76 bits per heavy atom. The summed E-state index contributed by atoms with van der Waals surface area (Å²) >= 11 is 1.56. The average molecular weight is 484 g/mol. The Morgan fingerprint density at radius 1 is 1.24 bits per heavy atom. The number of carbonyl (C=O) groups is 2. The second-order valence-corrected chi connectivity index (χ2v) is 9.77. The van der Waals surface area contributed by atoms with Gasteiger partial charge in [0.15, 0.2) is 5.82 Å². The highest BCUT2D eigenvalue weighted by Gasteiger charge is 2.30. The Balaban J connectivity index is 1.36. The average Bonchev–Trinajstić information content (AvgIpc) is 3.45. The summed E-state index contributed by atoms with van der Waals surface area (Å²) in [4.78, 5) is 37.3. The number of fused-ring (bicyclic) bond motifs is 1. The molecule has 1 aliphatic heterocycles. The molecule has 180 valence electrons. The molecule has 1 atom stereocenters. The van der Waals surface area contributed by atoms with E-state index in [2.05, 4.69) is 27.6 Å². The summed E-state index contributed by atoms with van der Waals surface area (Å²) in [5.41, 5.74) is 1.17. The number of anilines is 1. The maximum atomic E-state index is 13.4. The molecule has 0 unspecified atom stereocenters. The van der Waals surface area contributed by atoms with E-state index in [9.17, 15) is 9.59 Å². The topological polar surface area (TPSA) is 114 Å². The Hall–Kier alpha value is -3.21. The molecule has 2 amide bonds. The van der Waals surface area contributed by atoms with E-state index in [0.717, 1.165) is 10.4 Å². The van der Waals surface area contributed by atoms with Gasteiger partial charge in [0.2, 0.25) is 0 Å². The molecule has 3 aromatic heterocycles. The largest absolute Gasteiger partial charge is 0.450 e. The van der Waals surface area contributed by atoms with E-state index >= 15 is 0 Å². The van der Waals surface area contributed by atoms with Gasteiger partial charge in [0.25, 0.3) is 5.91 Å². The lowest BCUT2D eigenvalue weighted by atomic mass is 10.0. The summed E-state index contributed by atoms with van der Waals surface area (Å²) in [7, 11) is 0. The molecule has 0 spiro atoms. The van der Waals surface area contributed by atoms with E-state index in [1.807, 2.05) is 11.6 Å². The lowest BCUT2D eigenvalue weighted by Gasteiger charge is -2.32. The van der Waals surface area contributed by atoms with Gasteiger partial charge in [-0.3, -0.25) is 4.79 Å². The van der Waals surface area contributed by atoms with Gasteiger partial charge in [-0.05, 0) is 45.4 Å². The summed E-state index contributed by atoms with van der Waals surface area (Å²) in [6, 6.07) is 2.03. The van der Waals surface area contributed by atoms with Crippen LogP contribution in [0.3, 0.4) is 0 Å². The van der Waals surface area contributed by atoms with Crippen molar-refractivity contribution in [1.82, 2.24) is 29.8 Å². The number of amides is 2. The van der Waals surface area contributed by atoms with Gasteiger partial charge in [-0.2, -0.15) is 5.10 Å². The predicted octanol–water partition coefficient (Wildman–Crippen LogP) is 3.41. The molecule has 2 fully saturated rings. The molecular formula is C23H29N7O3S. The van der Waals surface area contributed by atoms with E-state index in [1.165, 1.54) is 12.8 Å². The zero-order valence-electron chi connectivity index (χ0n) is 19.4. The van der Waals surface area contributed by atoms with Crippen molar-refractivity contribution in [3.63, 3.8) is 0 Å². The van der Waals surface area contributed by atoms with E-state index < -0.39 is 6.09 Å². The van der Waals surface area contributed by atoms with Gasteiger partial charge < -0.3 is 20.3 Å². The summed E-state index contributed by atoms with van der Waals surface area (Å²) in [5.74, 6) is 1.66. The molecular weight excluding hydrogens is 454 g/mol. The minimum atomic E-state index is -0.408. The van der Waals surface area contributed by atoms with E-state index in [-0.39, 0.29) is 18.0 Å². The molecule has 11 heteroatoms. The molecule has 10 nitrogen and oxygen atoms in total. The number of ether oxygens (including phenoxy) is 1. The molecule has 34 heavy (non-hydrogen) atoms. The fourth-order valence-electron chi connectivity index (χ4n) is 4.31. The molecule has 2 N–H and O–H groups in total. The molecule has 3 aromatic rings. The molecule has 5 rings (SSSR count). The number of piperidine rings is 1. The van der Waals surface area contributed by atoms with Crippen molar-refractivity contribution < 1.29 is 14.3 Å². The first-order valence-corrected chi connectivity index (χ1v) is 12.7. The van der Waals surface area contributed by atoms with Gasteiger partial charge >= 0.3 is 6.09 Å². The third-order valence-corrected chi connectivity index (χ3v) is 7.29. The van der Waals surface area contributed by atoms with Crippen molar-refractivity contribution in [3.8, 4) is 11.4 Å². The van der Waals surface area contributed by atoms with Crippen LogP contribution in [-0.2, 0) is 4.74 Å². The van der Waals surface area contributed by atoms with Crippen molar-refractivity contribution in [2.75, 3.05) is 25.0 Å². The Bertz CT molecular complexity index is 1180. The summed E-state index contributed by atoms with van der Waals surface area (Å²) in [6.07, 6.45) is 7.00. The standard InChI is InChI=1S/C23H29N7O3S/c1-3-33-23(32)26-16-6-8-29(9-7-16)21(31)18-12-19(25-14(2)15-4-5-15)28-20(27-18)17-13-24-30-10-11-34-22(17)30/h10-16H,3-9H2,1-2H3,(H,26,32)(H,25,27,28)/t14-/m1/s1. The second-order valence-electron chi connectivity index (χ2n) is 8.87. The van der Waals surface area contributed by atoms with Gasteiger partial charge in [0, 0.05) is 42.8 Å². The number of alkyl carbamates (subject to hydrolysis) is 1.